The summed E-state index contributed by atoms with van der Waals surface area (Å²) in [6, 6.07) is 15.6. The summed E-state index contributed by atoms with van der Waals surface area (Å²) in [6.07, 6.45) is 3.69. The molecule has 1 amide bonds. The number of carbonyl (C=O) groups is 1. The Hall–Kier alpha value is -3.65. The fraction of sp³-hybridized carbons (Fsp3) is 0.208. The Balaban J connectivity index is 1.88. The lowest BCUT2D eigenvalue weighted by atomic mass is 9.87. The Labute approximate surface area is 169 Å². The molecule has 0 saturated heterocycles. The molecule has 1 N–H and O–H groups in total. The number of anilines is 1. The number of benzene rings is 2. The first kappa shape index (κ1) is 18.7. The average Bonchev–Trinajstić information content (AvgIpc) is 2.72. The van der Waals surface area contributed by atoms with E-state index in [9.17, 15) is 9.59 Å². The number of amides is 1. The van der Waals surface area contributed by atoms with E-state index in [-0.39, 0.29) is 11.5 Å². The molecule has 0 fully saturated rings. The van der Waals surface area contributed by atoms with Gasteiger partial charge in [-0.1, -0.05) is 18.2 Å². The highest BCUT2D eigenvalue weighted by Gasteiger charge is 2.21. The molecule has 0 aliphatic carbocycles. The van der Waals surface area contributed by atoms with Crippen molar-refractivity contribution in [2.45, 2.75) is 26.2 Å². The van der Waals surface area contributed by atoms with E-state index in [2.05, 4.69) is 11.4 Å². The molecule has 1 aliphatic rings. The number of aryl methyl sites for hydroxylation is 2. The molecule has 0 saturated carbocycles. The van der Waals surface area contributed by atoms with Crippen molar-refractivity contribution in [3.05, 3.63) is 86.8 Å². The van der Waals surface area contributed by atoms with Crippen LogP contribution in [0.3, 0.4) is 0 Å². The van der Waals surface area contributed by atoms with E-state index in [4.69, 9.17) is 5.26 Å². The summed E-state index contributed by atoms with van der Waals surface area (Å²) in [7, 11) is 1.76. The van der Waals surface area contributed by atoms with Crippen LogP contribution in [0.2, 0.25) is 0 Å². The van der Waals surface area contributed by atoms with Crippen LogP contribution in [0, 0.1) is 18.3 Å². The number of nitriles is 1. The first-order chi connectivity index (χ1) is 14.0. The molecule has 4 rings (SSSR count). The van der Waals surface area contributed by atoms with Gasteiger partial charge in [-0.05, 0) is 71.8 Å². The number of carbonyl (C=O) groups excluding carboxylic acids is 1. The smallest absolute Gasteiger partial charge is 0.253 e. The maximum absolute atomic E-state index is 12.1. The predicted molar refractivity (Wildman–Crippen MR) is 113 cm³/mol. The zero-order valence-corrected chi connectivity index (χ0v) is 16.5. The van der Waals surface area contributed by atoms with Crippen LogP contribution < -0.4 is 10.9 Å². The number of aromatic nitrogens is 1. The van der Waals surface area contributed by atoms with E-state index >= 15 is 0 Å². The Morgan fingerprint density at radius 2 is 1.86 bits per heavy atom. The molecule has 0 bridgehead atoms. The number of nitrogens with zero attached hydrogens (tertiary/aromatic N) is 2. The molecule has 144 valence electrons. The lowest BCUT2D eigenvalue weighted by molar-refractivity contribution is -0.116. The van der Waals surface area contributed by atoms with Gasteiger partial charge in [-0.25, -0.2) is 0 Å². The summed E-state index contributed by atoms with van der Waals surface area (Å²) < 4.78 is 1.61. The largest absolute Gasteiger partial charge is 0.326 e. The van der Waals surface area contributed by atoms with Gasteiger partial charge in [-0.2, -0.15) is 5.26 Å². The van der Waals surface area contributed by atoms with E-state index in [1.54, 1.807) is 11.6 Å². The predicted octanol–water partition coefficient (Wildman–Crippen LogP) is 3.71. The van der Waals surface area contributed by atoms with Crippen molar-refractivity contribution in [3.63, 3.8) is 0 Å². The van der Waals surface area contributed by atoms with Crippen LogP contribution in [0.4, 0.5) is 5.69 Å². The van der Waals surface area contributed by atoms with Crippen molar-refractivity contribution in [2.24, 2.45) is 7.05 Å². The number of pyridine rings is 1. The van der Waals surface area contributed by atoms with Gasteiger partial charge in [0.1, 0.15) is 0 Å². The molecular weight excluding hydrogens is 362 g/mol. The highest BCUT2D eigenvalue weighted by Crippen LogP contribution is 2.35. The van der Waals surface area contributed by atoms with Gasteiger partial charge in [0.15, 0.2) is 0 Å². The van der Waals surface area contributed by atoms with Crippen molar-refractivity contribution in [2.75, 3.05) is 5.32 Å². The normalized spacial score (nSPS) is 12.8. The molecule has 1 aliphatic heterocycles. The zero-order chi connectivity index (χ0) is 20.5. The number of fused-ring (bicyclic) bond motifs is 1. The van der Waals surface area contributed by atoms with Gasteiger partial charge in [0.2, 0.25) is 5.91 Å². The molecule has 2 aromatic carbocycles. The topological polar surface area (TPSA) is 74.9 Å². The second-order valence-corrected chi connectivity index (χ2v) is 7.48. The third-order valence-corrected chi connectivity index (χ3v) is 5.44. The highest BCUT2D eigenvalue weighted by atomic mass is 16.1. The molecule has 0 spiro atoms. The molecular formula is C24H21N3O2. The molecule has 0 radical (unpaired) electrons. The van der Waals surface area contributed by atoms with Crippen LogP contribution >= 0.6 is 0 Å². The quantitative estimate of drug-likeness (QED) is 0.749. The number of hydrogen-bond acceptors (Lipinski definition) is 3. The molecule has 0 atom stereocenters. The van der Waals surface area contributed by atoms with E-state index in [1.165, 1.54) is 0 Å². The standard InChI is InChI=1S/C24H21N3O2/c1-15-11-18(14-27(2)24(15)29)19-7-9-22-20(8-10-23(28)26-22)21(19)12-16-3-5-17(13-25)6-4-16/h3-7,9,11,14H,8,10,12H2,1-2H3,(H,26,28). The van der Waals surface area contributed by atoms with Crippen LogP contribution in [0.5, 0.6) is 0 Å². The molecule has 2 heterocycles. The molecule has 1 aromatic heterocycles. The van der Waals surface area contributed by atoms with Gasteiger partial charge in [-0.3, -0.25) is 9.59 Å². The number of hydrogen-bond donors (Lipinski definition) is 1. The Morgan fingerprint density at radius 3 is 2.55 bits per heavy atom. The van der Waals surface area contributed by atoms with Crippen LogP contribution in [0.1, 0.15) is 34.2 Å². The first-order valence-corrected chi connectivity index (χ1v) is 9.57. The second kappa shape index (κ2) is 7.40. The summed E-state index contributed by atoms with van der Waals surface area (Å²) in [4.78, 5) is 24.0. The summed E-state index contributed by atoms with van der Waals surface area (Å²) in [6.45, 7) is 1.82. The minimum atomic E-state index is -0.00684. The van der Waals surface area contributed by atoms with Crippen molar-refractivity contribution in [1.29, 1.82) is 5.26 Å². The maximum atomic E-state index is 12.1. The third-order valence-electron chi connectivity index (χ3n) is 5.44. The molecule has 3 aromatic rings. The number of rotatable bonds is 3. The van der Waals surface area contributed by atoms with E-state index in [0.717, 1.165) is 33.5 Å². The van der Waals surface area contributed by atoms with E-state index in [0.29, 0.717) is 30.4 Å². The monoisotopic (exact) mass is 383 g/mol. The first-order valence-electron chi connectivity index (χ1n) is 9.57. The van der Waals surface area contributed by atoms with Gasteiger partial charge < -0.3 is 9.88 Å². The van der Waals surface area contributed by atoms with Gasteiger partial charge in [0, 0.05) is 30.9 Å². The average molecular weight is 383 g/mol. The van der Waals surface area contributed by atoms with Crippen molar-refractivity contribution in [1.82, 2.24) is 4.57 Å². The Morgan fingerprint density at radius 1 is 1.10 bits per heavy atom. The molecule has 0 unspecified atom stereocenters. The Kier molecular flexibility index (Phi) is 4.77. The van der Waals surface area contributed by atoms with Crippen molar-refractivity contribution >= 4 is 11.6 Å². The number of nitrogens with one attached hydrogen (secondary N) is 1. The van der Waals surface area contributed by atoms with Gasteiger partial charge in [0.05, 0.1) is 11.6 Å². The fourth-order valence-electron chi connectivity index (χ4n) is 3.95. The molecule has 5 heteroatoms. The second-order valence-electron chi connectivity index (χ2n) is 7.48. The summed E-state index contributed by atoms with van der Waals surface area (Å²) in [5, 5.41) is 12.0. The summed E-state index contributed by atoms with van der Waals surface area (Å²) >= 11 is 0. The van der Waals surface area contributed by atoms with Crippen LogP contribution in [0.15, 0.2) is 53.5 Å². The van der Waals surface area contributed by atoms with Crippen LogP contribution in [0.25, 0.3) is 11.1 Å². The highest BCUT2D eigenvalue weighted by molar-refractivity contribution is 5.95. The van der Waals surface area contributed by atoms with E-state index < -0.39 is 0 Å². The van der Waals surface area contributed by atoms with Gasteiger partial charge in [0.25, 0.3) is 5.56 Å². The lowest BCUT2D eigenvalue weighted by Crippen LogP contribution is -2.21. The van der Waals surface area contributed by atoms with Gasteiger partial charge >= 0.3 is 0 Å². The van der Waals surface area contributed by atoms with Crippen molar-refractivity contribution < 1.29 is 4.79 Å². The maximum Gasteiger partial charge on any atom is 0.253 e. The summed E-state index contributed by atoms with van der Waals surface area (Å²) in [5.41, 5.74) is 7.59. The van der Waals surface area contributed by atoms with Crippen LogP contribution in [-0.4, -0.2) is 10.5 Å². The fourth-order valence-corrected chi connectivity index (χ4v) is 3.95. The van der Waals surface area contributed by atoms with Crippen molar-refractivity contribution in [3.8, 4) is 17.2 Å². The van der Waals surface area contributed by atoms with Gasteiger partial charge in [-0.15, -0.1) is 0 Å². The summed E-state index contributed by atoms with van der Waals surface area (Å²) in [5.74, 6) is 0.0347. The molecule has 5 nitrogen and oxygen atoms in total. The third kappa shape index (κ3) is 3.57. The Bertz CT molecular complexity index is 1190. The van der Waals surface area contributed by atoms with Crippen LogP contribution in [-0.2, 0) is 24.7 Å². The minimum absolute atomic E-state index is 0.00684. The zero-order valence-electron chi connectivity index (χ0n) is 16.5. The SMILES string of the molecule is Cc1cc(-c2ccc3c(c2Cc2ccc(C#N)cc2)CCC(=O)N3)cn(C)c1=O. The minimum Gasteiger partial charge on any atom is -0.326 e. The lowest BCUT2D eigenvalue weighted by Gasteiger charge is -2.23. The van der Waals surface area contributed by atoms with E-state index in [1.807, 2.05) is 55.6 Å². The molecule has 29 heavy (non-hydrogen) atoms.